The molecule has 2 heterocycles. The van der Waals surface area contributed by atoms with E-state index in [1.165, 1.54) is 0 Å². The van der Waals surface area contributed by atoms with Gasteiger partial charge in [0.2, 0.25) is 5.88 Å². The quantitative estimate of drug-likeness (QED) is 0.809. The van der Waals surface area contributed by atoms with E-state index in [-0.39, 0.29) is 6.03 Å². The number of hydrogen-bond donors (Lipinski definition) is 1. The molecule has 1 aliphatic rings. The molecule has 7 nitrogen and oxygen atoms in total. The third-order valence-corrected chi connectivity index (χ3v) is 5.34. The van der Waals surface area contributed by atoms with Crippen LogP contribution in [0, 0.1) is 6.92 Å². The fraction of sp³-hybridized carbons (Fsp3) is 0.455. The number of urea groups is 1. The van der Waals surface area contributed by atoms with Gasteiger partial charge >= 0.3 is 6.03 Å². The monoisotopic (exact) mass is 398 g/mol. The van der Waals surface area contributed by atoms with Gasteiger partial charge in [0.25, 0.3) is 0 Å². The van der Waals surface area contributed by atoms with Crippen LogP contribution in [0.25, 0.3) is 0 Å². The van der Waals surface area contributed by atoms with E-state index in [1.807, 2.05) is 36.1 Å². The Hall–Kier alpha value is -2.80. The van der Waals surface area contributed by atoms with Gasteiger partial charge in [-0.1, -0.05) is 25.1 Å². The second-order valence-electron chi connectivity index (χ2n) is 7.15. The molecule has 1 aliphatic heterocycles. The fourth-order valence-corrected chi connectivity index (χ4v) is 3.61. The number of para-hydroxylation sites is 1. The maximum Gasteiger partial charge on any atom is 0.322 e. The summed E-state index contributed by atoms with van der Waals surface area (Å²) in [4.78, 5) is 21.4. The summed E-state index contributed by atoms with van der Waals surface area (Å²) in [6.07, 6.45) is 0.854. The highest BCUT2D eigenvalue weighted by Crippen LogP contribution is 2.26. The van der Waals surface area contributed by atoms with Crippen LogP contribution in [-0.2, 0) is 13.0 Å². The van der Waals surface area contributed by atoms with Gasteiger partial charge in [0.05, 0.1) is 14.2 Å². The van der Waals surface area contributed by atoms with E-state index in [9.17, 15) is 4.79 Å². The van der Waals surface area contributed by atoms with E-state index in [2.05, 4.69) is 28.2 Å². The van der Waals surface area contributed by atoms with E-state index in [1.54, 1.807) is 14.2 Å². The number of nitrogens with one attached hydrogen (secondary N) is 1. The van der Waals surface area contributed by atoms with Gasteiger partial charge in [-0.05, 0) is 31.0 Å². The van der Waals surface area contributed by atoms with E-state index >= 15 is 0 Å². The van der Waals surface area contributed by atoms with Crippen molar-refractivity contribution in [3.63, 3.8) is 0 Å². The van der Waals surface area contributed by atoms with Crippen LogP contribution in [0.3, 0.4) is 0 Å². The second-order valence-corrected chi connectivity index (χ2v) is 7.15. The van der Waals surface area contributed by atoms with Crippen molar-refractivity contribution in [3.05, 3.63) is 47.2 Å². The number of aromatic nitrogens is 1. The molecule has 0 saturated carbocycles. The van der Waals surface area contributed by atoms with Crippen LogP contribution in [-0.4, -0.2) is 61.2 Å². The Balaban J connectivity index is 1.59. The molecule has 0 aliphatic carbocycles. The average Bonchev–Trinajstić information content (AvgIpc) is 2.75. The standard InChI is InChI=1S/C22H30N4O3/c1-5-17-14-19(21(29-4)23-16(17)2)24-22(27)26-12-10-25(11-13-26)15-18-8-6-7-9-20(18)28-3/h6-9,14H,5,10-13,15H2,1-4H3,(H,24,27). The Morgan fingerprint density at radius 3 is 2.48 bits per heavy atom. The van der Waals surface area contributed by atoms with Crippen molar-refractivity contribution >= 4 is 11.7 Å². The summed E-state index contributed by atoms with van der Waals surface area (Å²) in [5, 5.41) is 2.98. The molecule has 29 heavy (non-hydrogen) atoms. The molecule has 1 aromatic carbocycles. The Bertz CT molecular complexity index is 848. The highest BCUT2D eigenvalue weighted by Gasteiger charge is 2.23. The van der Waals surface area contributed by atoms with Gasteiger partial charge in [-0.3, -0.25) is 4.90 Å². The van der Waals surface area contributed by atoms with Gasteiger partial charge in [-0.25, -0.2) is 9.78 Å². The first kappa shape index (κ1) is 20.9. The van der Waals surface area contributed by atoms with Crippen LogP contribution in [0.15, 0.2) is 30.3 Å². The number of ether oxygens (including phenoxy) is 2. The molecule has 1 saturated heterocycles. The Labute approximate surface area is 172 Å². The van der Waals surface area contributed by atoms with Crippen molar-refractivity contribution in [2.75, 3.05) is 45.7 Å². The summed E-state index contributed by atoms with van der Waals surface area (Å²) in [6.45, 7) is 7.81. The van der Waals surface area contributed by atoms with Crippen molar-refractivity contribution in [1.82, 2.24) is 14.8 Å². The van der Waals surface area contributed by atoms with E-state index in [0.29, 0.717) is 24.7 Å². The Morgan fingerprint density at radius 2 is 1.83 bits per heavy atom. The number of methoxy groups -OCH3 is 2. The number of aryl methyl sites for hydroxylation is 2. The molecule has 0 radical (unpaired) electrons. The molecular formula is C22H30N4O3. The summed E-state index contributed by atoms with van der Waals surface area (Å²) < 4.78 is 10.8. The predicted octanol–water partition coefficient (Wildman–Crippen LogP) is 3.32. The van der Waals surface area contributed by atoms with Crippen LogP contribution >= 0.6 is 0 Å². The van der Waals surface area contributed by atoms with Gasteiger partial charge in [-0.2, -0.15) is 0 Å². The lowest BCUT2D eigenvalue weighted by Gasteiger charge is -2.35. The predicted molar refractivity (Wildman–Crippen MR) is 114 cm³/mol. The van der Waals surface area contributed by atoms with E-state index in [4.69, 9.17) is 9.47 Å². The highest BCUT2D eigenvalue weighted by molar-refractivity contribution is 5.90. The van der Waals surface area contributed by atoms with Gasteiger partial charge < -0.3 is 19.7 Å². The maximum atomic E-state index is 12.8. The number of amides is 2. The molecule has 1 N–H and O–H groups in total. The number of nitrogens with zero attached hydrogens (tertiary/aromatic N) is 3. The summed E-state index contributed by atoms with van der Waals surface area (Å²) in [7, 11) is 3.26. The van der Waals surface area contributed by atoms with Crippen LogP contribution in [0.5, 0.6) is 11.6 Å². The zero-order valence-corrected chi connectivity index (χ0v) is 17.7. The fourth-order valence-electron chi connectivity index (χ4n) is 3.61. The zero-order valence-electron chi connectivity index (χ0n) is 17.7. The van der Waals surface area contributed by atoms with Gasteiger partial charge in [0.15, 0.2) is 0 Å². The summed E-state index contributed by atoms with van der Waals surface area (Å²) >= 11 is 0. The number of pyridine rings is 1. The van der Waals surface area contributed by atoms with E-state index in [0.717, 1.165) is 48.6 Å². The van der Waals surface area contributed by atoms with E-state index < -0.39 is 0 Å². The van der Waals surface area contributed by atoms with Gasteiger partial charge in [-0.15, -0.1) is 0 Å². The normalized spacial score (nSPS) is 14.6. The molecule has 3 rings (SSSR count). The average molecular weight is 399 g/mol. The third-order valence-electron chi connectivity index (χ3n) is 5.34. The first-order valence-corrected chi connectivity index (χ1v) is 10.00. The maximum absolute atomic E-state index is 12.8. The van der Waals surface area contributed by atoms with Gasteiger partial charge in [0, 0.05) is 44.0 Å². The van der Waals surface area contributed by atoms with Crippen LogP contribution in [0.2, 0.25) is 0 Å². The van der Waals surface area contributed by atoms with Crippen molar-refractivity contribution in [2.45, 2.75) is 26.8 Å². The minimum absolute atomic E-state index is 0.118. The molecular weight excluding hydrogens is 368 g/mol. The smallest absolute Gasteiger partial charge is 0.322 e. The summed E-state index contributed by atoms with van der Waals surface area (Å²) in [5.41, 5.74) is 3.81. The SMILES string of the molecule is CCc1cc(NC(=O)N2CCN(Cc3ccccc3OC)CC2)c(OC)nc1C. The zero-order chi connectivity index (χ0) is 20.8. The first-order chi connectivity index (χ1) is 14.0. The second kappa shape index (κ2) is 9.60. The minimum atomic E-state index is -0.118. The highest BCUT2D eigenvalue weighted by atomic mass is 16.5. The van der Waals surface area contributed by atoms with Gasteiger partial charge in [0.1, 0.15) is 11.4 Å². The number of hydrogen-bond acceptors (Lipinski definition) is 5. The molecule has 1 aromatic heterocycles. The third kappa shape index (κ3) is 4.98. The number of carbonyl (C=O) groups excluding carboxylic acids is 1. The lowest BCUT2D eigenvalue weighted by molar-refractivity contribution is 0.142. The number of rotatable bonds is 6. The molecule has 1 fully saturated rings. The Kier molecular flexibility index (Phi) is 6.93. The lowest BCUT2D eigenvalue weighted by atomic mass is 10.1. The van der Waals surface area contributed by atoms with Crippen molar-refractivity contribution in [2.24, 2.45) is 0 Å². The molecule has 156 valence electrons. The lowest BCUT2D eigenvalue weighted by Crippen LogP contribution is -2.49. The summed E-state index contributed by atoms with van der Waals surface area (Å²) in [5.74, 6) is 1.35. The number of anilines is 1. The number of carbonyl (C=O) groups is 1. The topological polar surface area (TPSA) is 66.9 Å². The van der Waals surface area contributed by atoms with Crippen LogP contribution < -0.4 is 14.8 Å². The Morgan fingerprint density at radius 1 is 1.10 bits per heavy atom. The minimum Gasteiger partial charge on any atom is -0.496 e. The van der Waals surface area contributed by atoms with Crippen molar-refractivity contribution in [1.29, 1.82) is 0 Å². The molecule has 2 aromatic rings. The van der Waals surface area contributed by atoms with Crippen LogP contribution in [0.4, 0.5) is 10.5 Å². The molecule has 0 spiro atoms. The molecule has 0 bridgehead atoms. The molecule has 2 amide bonds. The van der Waals surface area contributed by atoms with Crippen LogP contribution in [0.1, 0.15) is 23.7 Å². The number of benzene rings is 1. The largest absolute Gasteiger partial charge is 0.496 e. The first-order valence-electron chi connectivity index (χ1n) is 10.00. The summed E-state index contributed by atoms with van der Waals surface area (Å²) in [6, 6.07) is 9.90. The van der Waals surface area contributed by atoms with Crippen molar-refractivity contribution < 1.29 is 14.3 Å². The van der Waals surface area contributed by atoms with Crippen molar-refractivity contribution in [3.8, 4) is 11.6 Å². The number of piperazine rings is 1. The molecule has 0 atom stereocenters. The molecule has 7 heteroatoms. The molecule has 0 unspecified atom stereocenters.